The minimum absolute atomic E-state index is 0. The molecule has 4 nitrogen and oxygen atoms in total. The zero-order valence-corrected chi connectivity index (χ0v) is 11.1. The number of carbonyl (C=O) groups is 1. The van der Waals surface area contributed by atoms with Crippen LogP contribution in [0.1, 0.15) is 33.1 Å². The second-order valence-corrected chi connectivity index (χ2v) is 4.36. The Morgan fingerprint density at radius 2 is 2.31 bits per heavy atom. The van der Waals surface area contributed by atoms with E-state index < -0.39 is 0 Å². The molecule has 0 bridgehead atoms. The van der Waals surface area contributed by atoms with Crippen molar-refractivity contribution < 1.29 is 4.79 Å². The van der Waals surface area contributed by atoms with Crippen LogP contribution in [0.3, 0.4) is 0 Å². The molecule has 0 spiro atoms. The van der Waals surface area contributed by atoms with Crippen LogP contribution in [-0.2, 0) is 4.79 Å². The molecule has 0 saturated carbocycles. The maximum absolute atomic E-state index is 11.7. The van der Waals surface area contributed by atoms with Gasteiger partial charge in [-0.05, 0) is 32.7 Å². The molecule has 0 aromatic heterocycles. The van der Waals surface area contributed by atoms with Crippen molar-refractivity contribution in [2.24, 2.45) is 5.73 Å². The van der Waals surface area contributed by atoms with Gasteiger partial charge < -0.3 is 11.1 Å². The molecule has 0 aliphatic carbocycles. The average molecular weight is 250 g/mol. The first-order chi connectivity index (χ1) is 7.15. The second kappa shape index (κ2) is 7.87. The Morgan fingerprint density at radius 1 is 1.62 bits per heavy atom. The van der Waals surface area contributed by atoms with Gasteiger partial charge in [0.05, 0.1) is 6.04 Å². The Morgan fingerprint density at radius 3 is 2.88 bits per heavy atom. The summed E-state index contributed by atoms with van der Waals surface area (Å²) < 4.78 is 0. The van der Waals surface area contributed by atoms with Gasteiger partial charge in [0.25, 0.3) is 0 Å². The van der Waals surface area contributed by atoms with E-state index in [1.54, 1.807) is 0 Å². The number of likely N-dealkylation sites (tertiary alicyclic amines) is 1. The summed E-state index contributed by atoms with van der Waals surface area (Å²) in [4.78, 5) is 13.9. The van der Waals surface area contributed by atoms with Crippen molar-refractivity contribution in [1.82, 2.24) is 10.2 Å². The Labute approximate surface area is 104 Å². The molecule has 1 amide bonds. The highest BCUT2D eigenvalue weighted by Crippen LogP contribution is 2.11. The lowest BCUT2D eigenvalue weighted by atomic mass is 10.0. The fourth-order valence-corrected chi connectivity index (χ4v) is 1.95. The summed E-state index contributed by atoms with van der Waals surface area (Å²) in [7, 11) is 0. The fourth-order valence-electron chi connectivity index (χ4n) is 1.95. The third kappa shape index (κ3) is 4.68. The van der Waals surface area contributed by atoms with E-state index in [1.807, 2.05) is 6.92 Å². The van der Waals surface area contributed by atoms with Crippen molar-refractivity contribution in [1.29, 1.82) is 0 Å². The van der Waals surface area contributed by atoms with Gasteiger partial charge in [0.1, 0.15) is 0 Å². The molecule has 2 atom stereocenters. The molecule has 1 aliphatic rings. The first kappa shape index (κ1) is 15.7. The molecule has 1 aliphatic heterocycles. The number of halogens is 1. The van der Waals surface area contributed by atoms with Crippen LogP contribution in [0.25, 0.3) is 0 Å². The topological polar surface area (TPSA) is 58.4 Å². The molecule has 1 saturated heterocycles. The summed E-state index contributed by atoms with van der Waals surface area (Å²) in [6.45, 7) is 6.63. The Hall–Kier alpha value is -0.320. The van der Waals surface area contributed by atoms with Crippen molar-refractivity contribution in [2.75, 3.05) is 19.6 Å². The summed E-state index contributed by atoms with van der Waals surface area (Å²) in [6.07, 6.45) is 3.17. The lowest BCUT2D eigenvalue weighted by Gasteiger charge is -2.34. The molecule has 5 heteroatoms. The lowest BCUT2D eigenvalue weighted by Crippen LogP contribution is -2.52. The maximum Gasteiger partial charge on any atom is 0.237 e. The van der Waals surface area contributed by atoms with Crippen molar-refractivity contribution in [3.63, 3.8) is 0 Å². The number of amides is 1. The van der Waals surface area contributed by atoms with E-state index in [4.69, 9.17) is 5.73 Å². The predicted octanol–water partition coefficient (Wildman–Crippen LogP) is 0.746. The molecular formula is C11H24ClN3O. The number of nitrogens with two attached hydrogens (primary N) is 1. The van der Waals surface area contributed by atoms with E-state index >= 15 is 0 Å². The van der Waals surface area contributed by atoms with E-state index in [-0.39, 0.29) is 30.4 Å². The number of nitrogens with one attached hydrogen (secondary N) is 1. The highest BCUT2D eigenvalue weighted by atomic mass is 35.5. The molecule has 1 heterocycles. The van der Waals surface area contributed by atoms with Crippen LogP contribution >= 0.6 is 12.4 Å². The van der Waals surface area contributed by atoms with E-state index in [2.05, 4.69) is 17.1 Å². The van der Waals surface area contributed by atoms with Gasteiger partial charge in [-0.15, -0.1) is 12.4 Å². The van der Waals surface area contributed by atoms with Crippen molar-refractivity contribution in [2.45, 2.75) is 45.2 Å². The Balaban J connectivity index is 0.00000225. The van der Waals surface area contributed by atoms with Crippen LogP contribution < -0.4 is 11.1 Å². The van der Waals surface area contributed by atoms with E-state index in [0.717, 1.165) is 38.9 Å². The summed E-state index contributed by atoms with van der Waals surface area (Å²) in [6, 6.07) is 0.197. The third-order valence-electron chi connectivity index (χ3n) is 2.97. The standard InChI is InChI=1S/C11H23N3O.ClH/c1-3-6-13-11(15)9(2)14-7-4-5-10(12)8-14;/h9-10H,3-8,12H2,1-2H3,(H,13,15);1H/t9?,10-;/m1./s1. The first-order valence-electron chi connectivity index (χ1n) is 5.92. The van der Waals surface area contributed by atoms with Gasteiger partial charge >= 0.3 is 0 Å². The van der Waals surface area contributed by atoms with Crippen molar-refractivity contribution in [3.05, 3.63) is 0 Å². The van der Waals surface area contributed by atoms with Crippen LogP contribution in [0.2, 0.25) is 0 Å². The Bertz CT molecular complexity index is 213. The van der Waals surface area contributed by atoms with Crippen LogP contribution in [-0.4, -0.2) is 42.5 Å². The third-order valence-corrected chi connectivity index (χ3v) is 2.97. The summed E-state index contributed by atoms with van der Waals surface area (Å²) >= 11 is 0. The zero-order chi connectivity index (χ0) is 11.3. The smallest absolute Gasteiger partial charge is 0.237 e. The molecule has 0 aromatic carbocycles. The molecule has 0 aromatic rings. The second-order valence-electron chi connectivity index (χ2n) is 4.36. The number of hydrogen-bond acceptors (Lipinski definition) is 3. The zero-order valence-electron chi connectivity index (χ0n) is 10.2. The molecule has 3 N–H and O–H groups in total. The number of piperidine rings is 1. The molecule has 16 heavy (non-hydrogen) atoms. The molecule has 1 unspecified atom stereocenters. The van der Waals surface area contributed by atoms with Gasteiger partial charge in [0.15, 0.2) is 0 Å². The van der Waals surface area contributed by atoms with E-state index in [9.17, 15) is 4.79 Å². The number of rotatable bonds is 4. The molecular weight excluding hydrogens is 226 g/mol. The number of hydrogen-bond donors (Lipinski definition) is 2. The number of nitrogens with zero attached hydrogens (tertiary/aromatic N) is 1. The normalized spacial score (nSPS) is 23.3. The highest BCUT2D eigenvalue weighted by Gasteiger charge is 2.25. The van der Waals surface area contributed by atoms with Crippen LogP contribution in [0.5, 0.6) is 0 Å². The summed E-state index contributed by atoms with van der Waals surface area (Å²) in [5.41, 5.74) is 5.89. The van der Waals surface area contributed by atoms with Crippen LogP contribution in [0.4, 0.5) is 0 Å². The Kier molecular flexibility index (Phi) is 7.72. The first-order valence-corrected chi connectivity index (χ1v) is 5.92. The molecule has 1 fully saturated rings. The average Bonchev–Trinajstić information content (AvgIpc) is 2.24. The van der Waals surface area contributed by atoms with Gasteiger partial charge in [-0.1, -0.05) is 6.92 Å². The van der Waals surface area contributed by atoms with Gasteiger partial charge in [0.2, 0.25) is 5.91 Å². The maximum atomic E-state index is 11.7. The quantitative estimate of drug-likeness (QED) is 0.773. The predicted molar refractivity (Wildman–Crippen MR) is 68.8 cm³/mol. The summed E-state index contributed by atoms with van der Waals surface area (Å²) in [5, 5.41) is 2.92. The van der Waals surface area contributed by atoms with Crippen LogP contribution in [0.15, 0.2) is 0 Å². The lowest BCUT2D eigenvalue weighted by molar-refractivity contribution is -0.126. The van der Waals surface area contributed by atoms with Gasteiger partial charge in [-0.2, -0.15) is 0 Å². The molecule has 0 radical (unpaired) electrons. The van der Waals surface area contributed by atoms with Gasteiger partial charge in [-0.25, -0.2) is 0 Å². The monoisotopic (exact) mass is 249 g/mol. The van der Waals surface area contributed by atoms with Crippen molar-refractivity contribution in [3.8, 4) is 0 Å². The largest absolute Gasteiger partial charge is 0.355 e. The van der Waals surface area contributed by atoms with Gasteiger partial charge in [0, 0.05) is 19.1 Å². The van der Waals surface area contributed by atoms with E-state index in [0.29, 0.717) is 0 Å². The fraction of sp³-hybridized carbons (Fsp3) is 0.909. The van der Waals surface area contributed by atoms with Gasteiger partial charge in [-0.3, -0.25) is 9.69 Å². The van der Waals surface area contributed by atoms with Crippen LogP contribution in [0, 0.1) is 0 Å². The minimum atomic E-state index is -0.0390. The summed E-state index contributed by atoms with van der Waals surface area (Å²) in [5.74, 6) is 0.131. The highest BCUT2D eigenvalue weighted by molar-refractivity contribution is 5.85. The minimum Gasteiger partial charge on any atom is -0.355 e. The van der Waals surface area contributed by atoms with Crippen molar-refractivity contribution >= 4 is 18.3 Å². The van der Waals surface area contributed by atoms with E-state index in [1.165, 1.54) is 0 Å². The molecule has 1 rings (SSSR count). The number of carbonyl (C=O) groups excluding carboxylic acids is 1. The SMILES string of the molecule is CCCNC(=O)C(C)N1CCC[C@@H](N)C1.Cl. The molecule has 96 valence electrons.